The molecule has 0 saturated carbocycles. The molecule has 0 unspecified atom stereocenters. The molecule has 4 nitrogen and oxygen atoms in total. The van der Waals surface area contributed by atoms with Crippen molar-refractivity contribution in [1.82, 2.24) is 20.3 Å². The van der Waals surface area contributed by atoms with Gasteiger partial charge in [0, 0.05) is 37.9 Å². The maximum absolute atomic E-state index is 12.3. The molecule has 19 heavy (non-hydrogen) atoms. The van der Waals surface area contributed by atoms with Crippen molar-refractivity contribution in [2.75, 3.05) is 0 Å². The number of rotatable bonds is 4. The van der Waals surface area contributed by atoms with Gasteiger partial charge in [0.25, 0.3) is 0 Å². The fraction of sp³-hybridized carbons (Fsp3) is 0.250. The highest BCUT2D eigenvalue weighted by Crippen LogP contribution is 2.28. The number of halogens is 3. The van der Waals surface area contributed by atoms with Crippen LogP contribution in [0.4, 0.5) is 13.2 Å². The third-order valence-electron chi connectivity index (χ3n) is 2.38. The highest BCUT2D eigenvalue weighted by molar-refractivity contribution is 5.16. The quantitative estimate of drug-likeness (QED) is 0.923. The highest BCUT2D eigenvalue weighted by atomic mass is 19.4. The van der Waals surface area contributed by atoms with Gasteiger partial charge in [-0.05, 0) is 12.1 Å². The Morgan fingerprint density at radius 3 is 2.32 bits per heavy atom. The summed E-state index contributed by atoms with van der Waals surface area (Å²) in [5.41, 5.74) is 0.552. The average Bonchev–Trinajstić information content (AvgIpc) is 2.39. The number of pyridine rings is 1. The fourth-order valence-electron chi connectivity index (χ4n) is 1.44. The molecule has 2 aromatic heterocycles. The lowest BCUT2D eigenvalue weighted by atomic mass is 10.2. The van der Waals surface area contributed by atoms with Gasteiger partial charge in [-0.1, -0.05) is 0 Å². The summed E-state index contributed by atoms with van der Waals surface area (Å²) in [5, 5.41) is 3.03. The number of hydrogen-bond donors (Lipinski definition) is 1. The molecule has 0 atom stereocenters. The Bertz CT molecular complexity index is 511. The largest absolute Gasteiger partial charge is 0.417 e. The zero-order chi connectivity index (χ0) is 13.7. The zero-order valence-electron chi connectivity index (χ0n) is 9.85. The number of hydrogen-bond acceptors (Lipinski definition) is 4. The van der Waals surface area contributed by atoms with Crippen LogP contribution in [0.1, 0.15) is 17.0 Å². The van der Waals surface area contributed by atoms with Gasteiger partial charge >= 0.3 is 6.18 Å². The minimum absolute atomic E-state index is 0.370. The van der Waals surface area contributed by atoms with E-state index >= 15 is 0 Å². The van der Waals surface area contributed by atoms with Gasteiger partial charge in [0.2, 0.25) is 0 Å². The molecular formula is C12H11F3N4. The molecular weight excluding hydrogens is 257 g/mol. The van der Waals surface area contributed by atoms with E-state index in [1.807, 2.05) is 0 Å². The van der Waals surface area contributed by atoms with Crippen molar-refractivity contribution in [3.8, 4) is 0 Å². The summed E-state index contributed by atoms with van der Waals surface area (Å²) in [4.78, 5) is 11.7. The molecule has 0 amide bonds. The van der Waals surface area contributed by atoms with Crippen LogP contribution in [-0.2, 0) is 19.3 Å². The molecule has 0 aliphatic rings. The van der Waals surface area contributed by atoms with E-state index in [1.54, 1.807) is 18.6 Å². The van der Waals surface area contributed by atoms with Gasteiger partial charge in [-0.15, -0.1) is 0 Å². The Balaban J connectivity index is 1.87. The first-order chi connectivity index (χ1) is 9.05. The lowest BCUT2D eigenvalue weighted by Gasteiger charge is -2.07. The summed E-state index contributed by atoms with van der Waals surface area (Å²) >= 11 is 0. The van der Waals surface area contributed by atoms with Crippen molar-refractivity contribution in [3.63, 3.8) is 0 Å². The predicted octanol–water partition coefficient (Wildman–Crippen LogP) is 2.18. The molecule has 7 heteroatoms. The second-order valence-electron chi connectivity index (χ2n) is 3.84. The lowest BCUT2D eigenvalue weighted by molar-refractivity contribution is -0.137. The molecule has 1 N–H and O–H groups in total. The fourth-order valence-corrected chi connectivity index (χ4v) is 1.44. The number of nitrogens with zero attached hydrogens (tertiary/aromatic N) is 3. The first-order valence-electron chi connectivity index (χ1n) is 5.53. The Hall–Kier alpha value is -2.02. The third kappa shape index (κ3) is 3.99. The van der Waals surface area contributed by atoms with Crippen LogP contribution >= 0.6 is 0 Å². The Labute approximate surface area is 107 Å². The van der Waals surface area contributed by atoms with Gasteiger partial charge < -0.3 is 5.32 Å². The second kappa shape index (κ2) is 5.75. The van der Waals surface area contributed by atoms with E-state index < -0.39 is 11.7 Å². The number of alkyl halides is 3. The molecule has 0 bridgehead atoms. The average molecular weight is 268 g/mol. The van der Waals surface area contributed by atoms with Crippen LogP contribution in [0.5, 0.6) is 0 Å². The molecule has 100 valence electrons. The first kappa shape index (κ1) is 13.4. The van der Waals surface area contributed by atoms with Crippen LogP contribution in [0.3, 0.4) is 0 Å². The summed E-state index contributed by atoms with van der Waals surface area (Å²) in [6, 6.07) is 2.37. The lowest BCUT2D eigenvalue weighted by Crippen LogP contribution is -2.15. The highest BCUT2D eigenvalue weighted by Gasteiger charge is 2.30. The molecule has 2 aromatic rings. The van der Waals surface area contributed by atoms with Crippen molar-refractivity contribution in [1.29, 1.82) is 0 Å². The van der Waals surface area contributed by atoms with Crippen molar-refractivity contribution in [2.24, 2.45) is 0 Å². The van der Waals surface area contributed by atoms with Gasteiger partial charge in [-0.2, -0.15) is 13.2 Å². The van der Waals surface area contributed by atoms with E-state index in [-0.39, 0.29) is 0 Å². The summed E-state index contributed by atoms with van der Waals surface area (Å²) in [6.45, 7) is 0.852. The van der Waals surface area contributed by atoms with Crippen LogP contribution in [-0.4, -0.2) is 15.0 Å². The molecule has 2 heterocycles. The Kier molecular flexibility index (Phi) is 4.06. The van der Waals surface area contributed by atoms with Crippen molar-refractivity contribution >= 4 is 0 Å². The van der Waals surface area contributed by atoms with Crippen LogP contribution in [0.25, 0.3) is 0 Å². The predicted molar refractivity (Wildman–Crippen MR) is 61.8 cm³/mol. The molecule has 0 fully saturated rings. The van der Waals surface area contributed by atoms with Crippen LogP contribution in [0, 0.1) is 0 Å². The standard InChI is InChI=1S/C12H11F3N4/c13-12(14,15)9-1-2-10(19-5-9)6-17-8-11-7-16-3-4-18-11/h1-5,7,17H,6,8H2. The van der Waals surface area contributed by atoms with Gasteiger partial charge in [-0.25, -0.2) is 0 Å². The van der Waals surface area contributed by atoms with E-state index in [9.17, 15) is 13.2 Å². The van der Waals surface area contributed by atoms with Crippen molar-refractivity contribution in [2.45, 2.75) is 19.3 Å². The summed E-state index contributed by atoms with van der Waals surface area (Å²) < 4.78 is 37.0. The van der Waals surface area contributed by atoms with Gasteiger partial charge in [-0.3, -0.25) is 15.0 Å². The number of aromatic nitrogens is 3. The van der Waals surface area contributed by atoms with E-state index in [4.69, 9.17) is 0 Å². The summed E-state index contributed by atoms with van der Waals surface area (Å²) in [7, 11) is 0. The SMILES string of the molecule is FC(F)(F)c1ccc(CNCc2cnccn2)nc1. The maximum atomic E-state index is 12.3. The maximum Gasteiger partial charge on any atom is 0.417 e. The monoisotopic (exact) mass is 268 g/mol. The van der Waals surface area contributed by atoms with Crippen LogP contribution in [0.15, 0.2) is 36.9 Å². The molecule has 0 aromatic carbocycles. The summed E-state index contributed by atoms with van der Waals surface area (Å²) in [5.74, 6) is 0. The summed E-state index contributed by atoms with van der Waals surface area (Å²) in [6.07, 6.45) is 1.25. The molecule has 0 aliphatic heterocycles. The topological polar surface area (TPSA) is 50.7 Å². The molecule has 2 rings (SSSR count). The molecule has 0 aliphatic carbocycles. The van der Waals surface area contributed by atoms with Gasteiger partial charge in [0.1, 0.15) is 0 Å². The van der Waals surface area contributed by atoms with E-state index in [1.165, 1.54) is 6.07 Å². The van der Waals surface area contributed by atoms with E-state index in [2.05, 4.69) is 20.3 Å². The second-order valence-corrected chi connectivity index (χ2v) is 3.84. The van der Waals surface area contributed by atoms with E-state index in [0.29, 0.717) is 18.8 Å². The van der Waals surface area contributed by atoms with E-state index in [0.717, 1.165) is 18.0 Å². The van der Waals surface area contributed by atoms with Gasteiger partial charge in [0.05, 0.1) is 17.0 Å². The van der Waals surface area contributed by atoms with Crippen LogP contribution < -0.4 is 5.32 Å². The minimum atomic E-state index is -4.35. The first-order valence-corrected chi connectivity index (χ1v) is 5.53. The van der Waals surface area contributed by atoms with Crippen molar-refractivity contribution in [3.05, 3.63) is 53.9 Å². The Morgan fingerprint density at radius 2 is 1.74 bits per heavy atom. The van der Waals surface area contributed by atoms with Gasteiger partial charge in [0.15, 0.2) is 0 Å². The zero-order valence-corrected chi connectivity index (χ0v) is 9.85. The Morgan fingerprint density at radius 1 is 0.947 bits per heavy atom. The van der Waals surface area contributed by atoms with Crippen LogP contribution in [0.2, 0.25) is 0 Å². The minimum Gasteiger partial charge on any atom is -0.305 e. The smallest absolute Gasteiger partial charge is 0.305 e. The van der Waals surface area contributed by atoms with Crippen molar-refractivity contribution < 1.29 is 13.2 Å². The molecule has 0 spiro atoms. The normalized spacial score (nSPS) is 11.5. The third-order valence-corrected chi connectivity index (χ3v) is 2.38. The number of nitrogens with one attached hydrogen (secondary N) is 1. The molecule has 0 saturated heterocycles. The molecule has 0 radical (unpaired) electrons.